The summed E-state index contributed by atoms with van der Waals surface area (Å²) in [6.45, 7) is 4.59. The summed E-state index contributed by atoms with van der Waals surface area (Å²) in [7, 11) is 0. The molecule has 1 fully saturated rings. The number of anilines is 2. The van der Waals surface area contributed by atoms with Crippen LogP contribution in [0.3, 0.4) is 0 Å². The van der Waals surface area contributed by atoms with Crippen molar-refractivity contribution in [1.82, 2.24) is 15.3 Å². The lowest BCUT2D eigenvalue weighted by Crippen LogP contribution is -2.36. The summed E-state index contributed by atoms with van der Waals surface area (Å²) in [5, 5.41) is 5.88. The number of nitrogens with zero attached hydrogens (tertiary/aromatic N) is 3. The number of carbonyl (C=O) groups is 1. The first kappa shape index (κ1) is 21.0. The maximum atomic E-state index is 13.6. The largest absolute Gasteiger partial charge is 0.370 e. The van der Waals surface area contributed by atoms with Gasteiger partial charge in [-0.05, 0) is 50.3 Å². The number of hydrogen-bond acceptors (Lipinski definition) is 5. The normalized spacial score (nSPS) is 16.5. The van der Waals surface area contributed by atoms with Gasteiger partial charge in [0.1, 0.15) is 29.6 Å². The van der Waals surface area contributed by atoms with E-state index in [4.69, 9.17) is 0 Å². The first-order chi connectivity index (χ1) is 14.0. The van der Waals surface area contributed by atoms with E-state index in [9.17, 15) is 13.6 Å². The lowest BCUT2D eigenvalue weighted by molar-refractivity contribution is -0.121. The van der Waals surface area contributed by atoms with E-state index in [1.807, 2.05) is 13.0 Å². The molecule has 1 aromatic heterocycles. The van der Waals surface area contributed by atoms with Gasteiger partial charge in [-0.25, -0.2) is 18.7 Å². The van der Waals surface area contributed by atoms with Crippen LogP contribution in [-0.2, 0) is 11.3 Å². The van der Waals surface area contributed by atoms with Gasteiger partial charge in [0.15, 0.2) is 0 Å². The fourth-order valence-corrected chi connectivity index (χ4v) is 3.60. The molecule has 2 heterocycles. The third kappa shape index (κ3) is 6.10. The van der Waals surface area contributed by atoms with Crippen molar-refractivity contribution in [1.29, 1.82) is 0 Å². The first-order valence-electron chi connectivity index (χ1n) is 10.1. The Bertz CT molecular complexity index is 832. The highest BCUT2D eigenvalue weighted by Crippen LogP contribution is 2.25. The van der Waals surface area contributed by atoms with Crippen LogP contribution in [0.1, 0.15) is 38.2 Å². The molecular formula is C21H27F2N5O. The van der Waals surface area contributed by atoms with Gasteiger partial charge in [-0.1, -0.05) is 0 Å². The van der Waals surface area contributed by atoms with Crippen molar-refractivity contribution in [2.75, 3.05) is 29.9 Å². The summed E-state index contributed by atoms with van der Waals surface area (Å²) in [5.74, 6) is 0.909. The van der Waals surface area contributed by atoms with Gasteiger partial charge in [0.05, 0.1) is 0 Å². The Labute approximate surface area is 169 Å². The second-order valence-corrected chi connectivity index (χ2v) is 7.30. The molecule has 0 bridgehead atoms. The summed E-state index contributed by atoms with van der Waals surface area (Å²) in [6, 6.07) is 5.19. The molecule has 8 heteroatoms. The zero-order chi connectivity index (χ0) is 20.6. The minimum atomic E-state index is -0.517. The average Bonchev–Trinajstić information content (AvgIpc) is 2.73. The summed E-state index contributed by atoms with van der Waals surface area (Å²) in [5.41, 5.74) is 0.155. The van der Waals surface area contributed by atoms with E-state index in [2.05, 4.69) is 25.5 Å². The highest BCUT2D eigenvalue weighted by atomic mass is 19.1. The number of carbonyl (C=O) groups excluding carboxylic acids is 1. The Balaban J connectivity index is 1.47. The number of piperidine rings is 1. The Morgan fingerprint density at radius 3 is 2.97 bits per heavy atom. The lowest BCUT2D eigenvalue weighted by Gasteiger charge is -2.33. The van der Waals surface area contributed by atoms with Gasteiger partial charge < -0.3 is 15.5 Å². The van der Waals surface area contributed by atoms with E-state index < -0.39 is 11.6 Å². The molecule has 2 aromatic rings. The van der Waals surface area contributed by atoms with E-state index in [1.165, 1.54) is 0 Å². The van der Waals surface area contributed by atoms with E-state index in [0.29, 0.717) is 12.3 Å². The van der Waals surface area contributed by atoms with Crippen molar-refractivity contribution in [2.24, 2.45) is 5.92 Å². The predicted octanol–water partition coefficient (Wildman–Crippen LogP) is 3.50. The topological polar surface area (TPSA) is 70.2 Å². The van der Waals surface area contributed by atoms with Crippen molar-refractivity contribution in [2.45, 2.75) is 39.2 Å². The molecule has 1 aliphatic rings. The molecule has 6 nitrogen and oxygen atoms in total. The summed E-state index contributed by atoms with van der Waals surface area (Å²) in [4.78, 5) is 23.0. The molecule has 1 saturated heterocycles. The molecule has 156 valence electrons. The Morgan fingerprint density at radius 1 is 1.28 bits per heavy atom. The summed E-state index contributed by atoms with van der Waals surface area (Å²) in [6.07, 6.45) is 4.78. The molecule has 1 unspecified atom stereocenters. The molecule has 1 aromatic carbocycles. The van der Waals surface area contributed by atoms with Crippen molar-refractivity contribution in [3.05, 3.63) is 47.8 Å². The molecular weight excluding hydrogens is 376 g/mol. The van der Waals surface area contributed by atoms with Crippen molar-refractivity contribution >= 4 is 17.5 Å². The minimum absolute atomic E-state index is 0.00659. The number of benzene rings is 1. The van der Waals surface area contributed by atoms with Crippen LogP contribution < -0.4 is 15.5 Å². The highest BCUT2D eigenvalue weighted by Gasteiger charge is 2.22. The van der Waals surface area contributed by atoms with Crippen LogP contribution in [0.15, 0.2) is 30.6 Å². The van der Waals surface area contributed by atoms with Crippen LogP contribution in [0.2, 0.25) is 0 Å². The maximum Gasteiger partial charge on any atom is 0.220 e. The van der Waals surface area contributed by atoms with Crippen LogP contribution in [0.4, 0.5) is 20.4 Å². The van der Waals surface area contributed by atoms with Gasteiger partial charge in [-0.15, -0.1) is 0 Å². The van der Waals surface area contributed by atoms with E-state index in [-0.39, 0.29) is 18.0 Å². The standard InChI is InChI=1S/C21H27F2N5O/c1-2-24-19-11-20(27-14-26-19)28-9-3-4-15(13-28)5-8-21(29)25-12-16-10-17(22)6-7-18(16)23/h6-7,10-11,14-15H,2-5,8-9,12-13H2,1H3,(H,25,29)(H,24,26,27). The zero-order valence-electron chi connectivity index (χ0n) is 16.6. The molecule has 2 N–H and O–H groups in total. The molecule has 1 amide bonds. The fourth-order valence-electron chi connectivity index (χ4n) is 3.60. The Morgan fingerprint density at radius 2 is 2.14 bits per heavy atom. The number of aromatic nitrogens is 2. The minimum Gasteiger partial charge on any atom is -0.370 e. The molecule has 0 radical (unpaired) electrons. The molecule has 0 aliphatic carbocycles. The average molecular weight is 403 g/mol. The number of amides is 1. The number of halogens is 2. The molecule has 1 atom stereocenters. The predicted molar refractivity (Wildman–Crippen MR) is 109 cm³/mol. The monoisotopic (exact) mass is 403 g/mol. The first-order valence-corrected chi connectivity index (χ1v) is 10.1. The van der Waals surface area contributed by atoms with Crippen LogP contribution in [0.5, 0.6) is 0 Å². The molecule has 1 aliphatic heterocycles. The highest BCUT2D eigenvalue weighted by molar-refractivity contribution is 5.75. The lowest BCUT2D eigenvalue weighted by atomic mass is 9.93. The van der Waals surface area contributed by atoms with E-state index in [0.717, 1.165) is 68.7 Å². The molecule has 3 rings (SSSR count). The molecule has 0 spiro atoms. The maximum absolute atomic E-state index is 13.6. The quantitative estimate of drug-likeness (QED) is 0.706. The third-order valence-corrected chi connectivity index (χ3v) is 5.12. The summed E-state index contributed by atoms with van der Waals surface area (Å²) >= 11 is 0. The SMILES string of the molecule is CCNc1cc(N2CCCC(CCC(=O)NCc3cc(F)ccc3F)C2)ncn1. The van der Waals surface area contributed by atoms with Crippen LogP contribution >= 0.6 is 0 Å². The van der Waals surface area contributed by atoms with Crippen LogP contribution in [0, 0.1) is 17.6 Å². The molecule has 29 heavy (non-hydrogen) atoms. The molecule has 0 saturated carbocycles. The van der Waals surface area contributed by atoms with Crippen LogP contribution in [-0.4, -0.2) is 35.5 Å². The van der Waals surface area contributed by atoms with Gasteiger partial charge in [0.2, 0.25) is 5.91 Å². The number of nitrogens with one attached hydrogen (secondary N) is 2. The smallest absolute Gasteiger partial charge is 0.220 e. The van der Waals surface area contributed by atoms with Gasteiger partial charge in [-0.2, -0.15) is 0 Å². The summed E-state index contributed by atoms with van der Waals surface area (Å²) < 4.78 is 26.8. The van der Waals surface area contributed by atoms with Crippen LogP contribution in [0.25, 0.3) is 0 Å². The van der Waals surface area contributed by atoms with Crippen molar-refractivity contribution < 1.29 is 13.6 Å². The number of hydrogen-bond donors (Lipinski definition) is 2. The fraction of sp³-hybridized carbons (Fsp3) is 0.476. The van der Waals surface area contributed by atoms with Gasteiger partial charge in [-0.3, -0.25) is 4.79 Å². The Kier molecular flexibility index (Phi) is 7.32. The second-order valence-electron chi connectivity index (χ2n) is 7.30. The van der Waals surface area contributed by atoms with Gasteiger partial charge in [0.25, 0.3) is 0 Å². The van der Waals surface area contributed by atoms with Crippen molar-refractivity contribution in [3.63, 3.8) is 0 Å². The van der Waals surface area contributed by atoms with E-state index >= 15 is 0 Å². The second kappa shape index (κ2) is 10.1. The van der Waals surface area contributed by atoms with Gasteiger partial charge >= 0.3 is 0 Å². The number of rotatable bonds is 8. The Hall–Kier alpha value is -2.77. The zero-order valence-corrected chi connectivity index (χ0v) is 16.6. The van der Waals surface area contributed by atoms with E-state index in [1.54, 1.807) is 6.33 Å². The van der Waals surface area contributed by atoms with Gasteiger partial charge in [0, 0.05) is 44.2 Å². The van der Waals surface area contributed by atoms with Crippen molar-refractivity contribution in [3.8, 4) is 0 Å². The third-order valence-electron chi connectivity index (χ3n) is 5.12.